The minimum Gasteiger partial charge on any atom is -0.480 e. The molecule has 0 aromatic carbocycles. The summed E-state index contributed by atoms with van der Waals surface area (Å²) in [7, 11) is 0. The van der Waals surface area contributed by atoms with Gasteiger partial charge in [0.15, 0.2) is 0 Å². The molecule has 0 bridgehead atoms. The van der Waals surface area contributed by atoms with Gasteiger partial charge in [-0.2, -0.15) is 0 Å². The van der Waals surface area contributed by atoms with Gasteiger partial charge in [0.1, 0.15) is 6.54 Å². The molecule has 6 heteroatoms. The number of hydrogen-bond acceptors (Lipinski definition) is 3. The minimum atomic E-state index is -1.12. The molecule has 1 aliphatic carbocycles. The van der Waals surface area contributed by atoms with Crippen LogP contribution in [0.4, 0.5) is 0 Å². The molecule has 18 heavy (non-hydrogen) atoms. The number of nitrogens with one attached hydrogen (secondary N) is 1. The van der Waals surface area contributed by atoms with Crippen molar-refractivity contribution >= 4 is 11.9 Å². The van der Waals surface area contributed by atoms with Crippen molar-refractivity contribution in [2.75, 3.05) is 6.54 Å². The maximum Gasteiger partial charge on any atom is 0.323 e. The van der Waals surface area contributed by atoms with Gasteiger partial charge in [0.2, 0.25) is 0 Å². The largest absolute Gasteiger partial charge is 0.480 e. The van der Waals surface area contributed by atoms with Crippen LogP contribution in [0.2, 0.25) is 0 Å². The molecule has 1 aromatic heterocycles. The molecule has 1 aliphatic rings. The number of carbonyl (C=O) groups excluding carboxylic acids is 1. The Morgan fingerprint density at radius 3 is 2.72 bits per heavy atom. The summed E-state index contributed by atoms with van der Waals surface area (Å²) in [6.07, 6.45) is 3.55. The summed E-state index contributed by atoms with van der Waals surface area (Å²) in [4.78, 5) is 33.7. The number of aliphatic carboxylic acids is 1. The molecule has 0 aliphatic heterocycles. The van der Waals surface area contributed by atoms with Crippen LogP contribution in [0.25, 0.3) is 0 Å². The predicted molar refractivity (Wildman–Crippen MR) is 63.4 cm³/mol. The van der Waals surface area contributed by atoms with Gasteiger partial charge in [-0.3, -0.25) is 14.4 Å². The smallest absolute Gasteiger partial charge is 0.323 e. The summed E-state index contributed by atoms with van der Waals surface area (Å²) in [5.74, 6) is -0.826. The highest BCUT2D eigenvalue weighted by Gasteiger charge is 2.22. The van der Waals surface area contributed by atoms with Gasteiger partial charge >= 0.3 is 5.97 Å². The topological polar surface area (TPSA) is 88.4 Å². The van der Waals surface area contributed by atoms with Gasteiger partial charge in [-0.15, -0.1) is 0 Å². The maximum atomic E-state index is 11.8. The number of amides is 1. The highest BCUT2D eigenvalue weighted by Crippen LogP contribution is 2.27. The number of carboxylic acid groups (broad SMARTS) is 1. The molecule has 1 saturated carbocycles. The minimum absolute atomic E-state index is 0.277. The fourth-order valence-electron chi connectivity index (χ4n) is 1.60. The second kappa shape index (κ2) is 5.03. The van der Waals surface area contributed by atoms with E-state index in [0.29, 0.717) is 18.0 Å². The molecule has 1 fully saturated rings. The molecule has 2 rings (SSSR count). The summed E-state index contributed by atoms with van der Waals surface area (Å²) < 4.78 is 1.01. The van der Waals surface area contributed by atoms with Crippen molar-refractivity contribution in [1.29, 1.82) is 0 Å². The quantitative estimate of drug-likeness (QED) is 0.774. The number of aromatic nitrogens is 1. The molecule has 0 radical (unpaired) electrons. The third kappa shape index (κ3) is 3.19. The second-order valence-corrected chi connectivity index (χ2v) is 4.43. The van der Waals surface area contributed by atoms with Gasteiger partial charge in [0.05, 0.1) is 5.56 Å². The lowest BCUT2D eigenvalue weighted by molar-refractivity contribution is -0.137. The van der Waals surface area contributed by atoms with E-state index in [4.69, 9.17) is 5.11 Å². The predicted octanol–water partition coefficient (Wildman–Crippen LogP) is 0.0727. The van der Waals surface area contributed by atoms with Crippen LogP contribution in [0, 0.1) is 5.92 Å². The van der Waals surface area contributed by atoms with E-state index in [1.165, 1.54) is 18.3 Å². The first kappa shape index (κ1) is 12.3. The third-order valence-electron chi connectivity index (χ3n) is 2.80. The van der Waals surface area contributed by atoms with Gasteiger partial charge in [0, 0.05) is 18.8 Å². The standard InChI is InChI=1S/C12H14N2O4/c15-10-4-3-9(6-14(10)7-11(16)17)12(18)13-5-8-1-2-8/h3-4,6,8H,1-2,5,7H2,(H,13,18)(H,16,17). The Labute approximate surface area is 103 Å². The second-order valence-electron chi connectivity index (χ2n) is 4.43. The zero-order chi connectivity index (χ0) is 13.1. The van der Waals surface area contributed by atoms with Crippen LogP contribution in [0.15, 0.2) is 23.1 Å². The number of rotatable bonds is 5. The normalized spacial score (nSPS) is 14.2. The van der Waals surface area contributed by atoms with E-state index in [1.54, 1.807) is 0 Å². The Balaban J connectivity index is 2.09. The fraction of sp³-hybridized carbons (Fsp3) is 0.417. The zero-order valence-corrected chi connectivity index (χ0v) is 9.76. The third-order valence-corrected chi connectivity index (χ3v) is 2.80. The molecule has 0 unspecified atom stereocenters. The maximum absolute atomic E-state index is 11.8. The van der Waals surface area contributed by atoms with Crippen molar-refractivity contribution in [3.8, 4) is 0 Å². The first-order valence-corrected chi connectivity index (χ1v) is 5.77. The van der Waals surface area contributed by atoms with Crippen molar-refractivity contribution in [3.05, 3.63) is 34.2 Å². The van der Waals surface area contributed by atoms with Crippen LogP contribution >= 0.6 is 0 Å². The van der Waals surface area contributed by atoms with E-state index in [9.17, 15) is 14.4 Å². The Bertz CT molecular complexity index is 531. The Hall–Kier alpha value is -2.11. The number of carboxylic acids is 1. The van der Waals surface area contributed by atoms with Gasteiger partial charge in [-0.1, -0.05) is 0 Å². The molecular formula is C12H14N2O4. The fourth-order valence-corrected chi connectivity index (χ4v) is 1.60. The SMILES string of the molecule is O=C(O)Cn1cc(C(=O)NCC2CC2)ccc1=O. The van der Waals surface area contributed by atoms with Crippen LogP contribution in [-0.2, 0) is 11.3 Å². The van der Waals surface area contributed by atoms with Crippen LogP contribution in [0.3, 0.4) is 0 Å². The van der Waals surface area contributed by atoms with E-state index >= 15 is 0 Å². The van der Waals surface area contributed by atoms with Crippen molar-refractivity contribution in [2.24, 2.45) is 5.92 Å². The zero-order valence-electron chi connectivity index (χ0n) is 9.76. The molecule has 6 nitrogen and oxygen atoms in total. The summed E-state index contributed by atoms with van der Waals surface area (Å²) >= 11 is 0. The van der Waals surface area contributed by atoms with Crippen LogP contribution in [0.5, 0.6) is 0 Å². The first-order valence-electron chi connectivity index (χ1n) is 5.77. The lowest BCUT2D eigenvalue weighted by atomic mass is 10.2. The van der Waals surface area contributed by atoms with Crippen LogP contribution in [-0.4, -0.2) is 28.1 Å². The van der Waals surface area contributed by atoms with Crippen molar-refractivity contribution in [2.45, 2.75) is 19.4 Å². The number of carbonyl (C=O) groups is 2. The Morgan fingerprint density at radius 1 is 1.39 bits per heavy atom. The summed E-state index contributed by atoms with van der Waals surface area (Å²) in [6.45, 7) is 0.194. The van der Waals surface area contributed by atoms with E-state index in [-0.39, 0.29) is 5.91 Å². The van der Waals surface area contributed by atoms with Gasteiger partial charge in [-0.05, 0) is 24.8 Å². The molecule has 2 N–H and O–H groups in total. The van der Waals surface area contributed by atoms with Crippen molar-refractivity contribution in [1.82, 2.24) is 9.88 Å². The van der Waals surface area contributed by atoms with Gasteiger partial charge in [-0.25, -0.2) is 0 Å². The van der Waals surface area contributed by atoms with Crippen molar-refractivity contribution in [3.63, 3.8) is 0 Å². The number of nitrogens with zero attached hydrogens (tertiary/aromatic N) is 1. The summed E-state index contributed by atoms with van der Waals surface area (Å²) in [5, 5.41) is 11.4. The van der Waals surface area contributed by atoms with Crippen molar-refractivity contribution < 1.29 is 14.7 Å². The molecular weight excluding hydrogens is 236 g/mol. The molecule has 0 saturated heterocycles. The Morgan fingerprint density at radius 2 is 2.11 bits per heavy atom. The molecule has 1 heterocycles. The van der Waals surface area contributed by atoms with E-state index in [2.05, 4.69) is 5.32 Å². The molecule has 0 atom stereocenters. The average Bonchev–Trinajstić information content (AvgIpc) is 3.12. The van der Waals surface area contributed by atoms with E-state index in [0.717, 1.165) is 17.4 Å². The number of pyridine rings is 1. The highest BCUT2D eigenvalue weighted by molar-refractivity contribution is 5.93. The Kier molecular flexibility index (Phi) is 3.45. The van der Waals surface area contributed by atoms with Gasteiger partial charge in [0.25, 0.3) is 11.5 Å². The summed E-state index contributed by atoms with van der Waals surface area (Å²) in [6, 6.07) is 2.61. The average molecular weight is 250 g/mol. The van der Waals surface area contributed by atoms with Gasteiger partial charge < -0.3 is 15.0 Å². The van der Waals surface area contributed by atoms with Crippen LogP contribution < -0.4 is 10.9 Å². The molecule has 96 valence electrons. The summed E-state index contributed by atoms with van der Waals surface area (Å²) in [5.41, 5.74) is -0.132. The lowest BCUT2D eigenvalue weighted by Crippen LogP contribution is -2.29. The molecule has 1 aromatic rings. The lowest BCUT2D eigenvalue weighted by Gasteiger charge is -2.06. The molecule has 0 spiro atoms. The highest BCUT2D eigenvalue weighted by atomic mass is 16.4. The first-order chi connectivity index (χ1) is 8.56. The molecule has 1 amide bonds. The van der Waals surface area contributed by atoms with E-state index in [1.807, 2.05) is 0 Å². The number of hydrogen-bond donors (Lipinski definition) is 2. The monoisotopic (exact) mass is 250 g/mol. The van der Waals surface area contributed by atoms with Crippen LogP contribution in [0.1, 0.15) is 23.2 Å². The van der Waals surface area contributed by atoms with E-state index < -0.39 is 18.1 Å².